The fourth-order valence-corrected chi connectivity index (χ4v) is 1.03. The van der Waals surface area contributed by atoms with E-state index in [1.807, 2.05) is 32.2 Å². The fraction of sp³-hybridized carbons (Fsp3) is 0.500. The van der Waals surface area contributed by atoms with Crippen molar-refractivity contribution in [1.82, 2.24) is 10.3 Å². The highest BCUT2D eigenvalue weighted by atomic mass is 16.1. The van der Waals surface area contributed by atoms with Gasteiger partial charge in [-0.3, -0.25) is 9.78 Å². The van der Waals surface area contributed by atoms with Gasteiger partial charge in [0.2, 0.25) is 6.41 Å². The summed E-state index contributed by atoms with van der Waals surface area (Å²) in [5.74, 6) is 0.501. The third kappa shape index (κ3) is 5.15. The van der Waals surface area contributed by atoms with Gasteiger partial charge in [-0.2, -0.15) is 0 Å². The molecule has 1 amide bonds. The summed E-state index contributed by atoms with van der Waals surface area (Å²) in [5, 5.41) is 2.57. The molecule has 0 unspecified atom stereocenters. The number of nitrogens with zero attached hydrogens (tertiary/aromatic N) is 1. The highest BCUT2D eigenvalue weighted by Crippen LogP contribution is 2.12. The van der Waals surface area contributed by atoms with Crippen molar-refractivity contribution in [3.63, 3.8) is 0 Å². The Morgan fingerprint density at radius 3 is 2.47 bits per heavy atom. The molecule has 0 aliphatic carbocycles. The van der Waals surface area contributed by atoms with Crippen LogP contribution in [0.4, 0.5) is 0 Å². The Bertz CT molecular complexity index is 267. The Labute approximate surface area is 91.9 Å². The smallest absolute Gasteiger partial charge is 0.207 e. The Morgan fingerprint density at radius 1 is 1.40 bits per heavy atom. The van der Waals surface area contributed by atoms with E-state index in [9.17, 15) is 4.79 Å². The summed E-state index contributed by atoms with van der Waals surface area (Å²) in [6, 6.07) is 3.98. The van der Waals surface area contributed by atoms with Gasteiger partial charge in [-0.25, -0.2) is 0 Å². The second-order valence-electron chi connectivity index (χ2n) is 3.24. The largest absolute Gasteiger partial charge is 0.353 e. The van der Waals surface area contributed by atoms with Gasteiger partial charge in [-0.05, 0) is 17.5 Å². The number of hydrogen-bond donors (Lipinski definition) is 1. The van der Waals surface area contributed by atoms with Crippen molar-refractivity contribution in [1.29, 1.82) is 0 Å². The zero-order valence-corrected chi connectivity index (χ0v) is 9.95. The number of carbonyl (C=O) groups is 1. The van der Waals surface area contributed by atoms with Gasteiger partial charge in [0, 0.05) is 6.20 Å². The first kappa shape index (κ1) is 13.6. The maximum Gasteiger partial charge on any atom is 0.207 e. The third-order valence-corrected chi connectivity index (χ3v) is 1.88. The van der Waals surface area contributed by atoms with Crippen LogP contribution in [0.5, 0.6) is 0 Å². The molecule has 84 valence electrons. The van der Waals surface area contributed by atoms with Gasteiger partial charge >= 0.3 is 0 Å². The highest BCUT2D eigenvalue weighted by Gasteiger charge is 1.99. The summed E-state index contributed by atoms with van der Waals surface area (Å²) in [7, 11) is 0. The molecule has 0 aliphatic heterocycles. The normalized spacial score (nSPS) is 9.13. The SMILES string of the molecule is CC.CC(C)c1ccc(CNC=O)nc1. The van der Waals surface area contributed by atoms with Crippen LogP contribution >= 0.6 is 0 Å². The van der Waals surface area contributed by atoms with Crippen LogP contribution in [0.1, 0.15) is 44.9 Å². The van der Waals surface area contributed by atoms with E-state index < -0.39 is 0 Å². The van der Waals surface area contributed by atoms with E-state index in [0.717, 1.165) is 5.69 Å². The molecule has 3 heteroatoms. The van der Waals surface area contributed by atoms with Crippen molar-refractivity contribution >= 4 is 6.41 Å². The fourth-order valence-electron chi connectivity index (χ4n) is 1.03. The number of rotatable bonds is 4. The van der Waals surface area contributed by atoms with Crippen LogP contribution in [-0.2, 0) is 11.3 Å². The number of pyridine rings is 1. The maximum atomic E-state index is 10.0. The van der Waals surface area contributed by atoms with Crippen LogP contribution < -0.4 is 5.32 Å². The second kappa shape index (κ2) is 7.97. The molecule has 0 saturated carbocycles. The minimum atomic E-state index is 0.501. The van der Waals surface area contributed by atoms with Crippen molar-refractivity contribution in [2.45, 2.75) is 40.2 Å². The molecule has 1 aromatic rings. The van der Waals surface area contributed by atoms with E-state index in [4.69, 9.17) is 0 Å². The Kier molecular flexibility index (Phi) is 7.24. The lowest BCUT2D eigenvalue weighted by atomic mass is 10.1. The summed E-state index contributed by atoms with van der Waals surface area (Å²) in [4.78, 5) is 14.2. The van der Waals surface area contributed by atoms with Crippen molar-refractivity contribution in [2.24, 2.45) is 0 Å². The lowest BCUT2D eigenvalue weighted by Crippen LogP contribution is -2.10. The van der Waals surface area contributed by atoms with Gasteiger partial charge in [-0.1, -0.05) is 33.8 Å². The monoisotopic (exact) mass is 208 g/mol. The molecule has 0 fully saturated rings. The molecule has 15 heavy (non-hydrogen) atoms. The lowest BCUT2D eigenvalue weighted by Gasteiger charge is -2.05. The zero-order chi connectivity index (χ0) is 11.7. The summed E-state index contributed by atoms with van der Waals surface area (Å²) in [6.45, 7) is 8.75. The summed E-state index contributed by atoms with van der Waals surface area (Å²) in [6.07, 6.45) is 2.53. The average Bonchev–Trinajstić information content (AvgIpc) is 2.29. The molecule has 0 aliphatic rings. The standard InChI is InChI=1S/C10H14N2O.C2H6/c1-8(2)9-3-4-10(12-5-9)6-11-7-13;1-2/h3-5,7-8H,6H2,1-2H3,(H,11,13);1-2H3. The van der Waals surface area contributed by atoms with E-state index in [2.05, 4.69) is 24.1 Å². The number of amides is 1. The molecule has 1 N–H and O–H groups in total. The molecule has 0 saturated heterocycles. The van der Waals surface area contributed by atoms with E-state index >= 15 is 0 Å². The van der Waals surface area contributed by atoms with Crippen LogP contribution in [0.3, 0.4) is 0 Å². The molecule has 1 aromatic heterocycles. The second-order valence-corrected chi connectivity index (χ2v) is 3.24. The van der Waals surface area contributed by atoms with E-state index in [-0.39, 0.29) is 0 Å². The van der Waals surface area contributed by atoms with Crippen LogP contribution in [0, 0.1) is 0 Å². The van der Waals surface area contributed by atoms with Gasteiger partial charge in [0.15, 0.2) is 0 Å². The van der Waals surface area contributed by atoms with Crippen molar-refractivity contribution in [3.05, 3.63) is 29.6 Å². The van der Waals surface area contributed by atoms with Crippen LogP contribution in [0.15, 0.2) is 18.3 Å². The van der Waals surface area contributed by atoms with Gasteiger partial charge in [0.05, 0.1) is 12.2 Å². The molecule has 0 aromatic carbocycles. The molecule has 1 rings (SSSR count). The molecule has 0 bridgehead atoms. The molecular formula is C12H20N2O. The van der Waals surface area contributed by atoms with Crippen LogP contribution in [-0.4, -0.2) is 11.4 Å². The molecule has 0 radical (unpaired) electrons. The number of nitrogens with one attached hydrogen (secondary N) is 1. The topological polar surface area (TPSA) is 42.0 Å². The first-order chi connectivity index (χ1) is 7.24. The molecular weight excluding hydrogens is 188 g/mol. The lowest BCUT2D eigenvalue weighted by molar-refractivity contribution is -0.109. The van der Waals surface area contributed by atoms with Crippen LogP contribution in [0.25, 0.3) is 0 Å². The molecule has 3 nitrogen and oxygen atoms in total. The maximum absolute atomic E-state index is 10.0. The predicted octanol–water partition coefficient (Wildman–Crippen LogP) is 2.48. The van der Waals surface area contributed by atoms with Gasteiger partial charge in [0.1, 0.15) is 0 Å². The third-order valence-electron chi connectivity index (χ3n) is 1.88. The minimum absolute atomic E-state index is 0.501. The molecule has 1 heterocycles. The summed E-state index contributed by atoms with van der Waals surface area (Å²) < 4.78 is 0. The summed E-state index contributed by atoms with van der Waals surface area (Å²) >= 11 is 0. The van der Waals surface area contributed by atoms with Crippen molar-refractivity contribution in [2.75, 3.05) is 0 Å². The first-order valence-electron chi connectivity index (χ1n) is 5.36. The zero-order valence-electron chi connectivity index (χ0n) is 9.95. The number of carbonyl (C=O) groups excluding carboxylic acids is 1. The summed E-state index contributed by atoms with van der Waals surface area (Å²) in [5.41, 5.74) is 2.10. The Hall–Kier alpha value is -1.38. The number of hydrogen-bond acceptors (Lipinski definition) is 2. The highest BCUT2D eigenvalue weighted by molar-refractivity contribution is 5.45. The van der Waals surface area contributed by atoms with Gasteiger partial charge in [-0.15, -0.1) is 0 Å². The van der Waals surface area contributed by atoms with Crippen molar-refractivity contribution < 1.29 is 4.79 Å². The average molecular weight is 208 g/mol. The minimum Gasteiger partial charge on any atom is -0.353 e. The van der Waals surface area contributed by atoms with Crippen LogP contribution in [0.2, 0.25) is 0 Å². The Morgan fingerprint density at radius 2 is 2.07 bits per heavy atom. The Balaban J connectivity index is 0.000000921. The quantitative estimate of drug-likeness (QED) is 0.772. The molecule has 0 spiro atoms. The van der Waals surface area contributed by atoms with Gasteiger partial charge in [0.25, 0.3) is 0 Å². The van der Waals surface area contributed by atoms with Gasteiger partial charge < -0.3 is 5.32 Å². The van der Waals surface area contributed by atoms with E-state index in [1.165, 1.54) is 5.56 Å². The van der Waals surface area contributed by atoms with E-state index in [0.29, 0.717) is 18.9 Å². The van der Waals surface area contributed by atoms with Crippen molar-refractivity contribution in [3.8, 4) is 0 Å². The first-order valence-corrected chi connectivity index (χ1v) is 5.36. The van der Waals surface area contributed by atoms with E-state index in [1.54, 1.807) is 0 Å². The predicted molar refractivity (Wildman–Crippen MR) is 62.6 cm³/mol. The molecule has 0 atom stereocenters. The number of aromatic nitrogens is 1.